The van der Waals surface area contributed by atoms with Crippen molar-refractivity contribution in [2.45, 2.75) is 104 Å². The summed E-state index contributed by atoms with van der Waals surface area (Å²) in [4.78, 5) is 16.5. The molecule has 0 aliphatic carbocycles. The van der Waals surface area contributed by atoms with Crippen LogP contribution in [0, 0.1) is 0 Å². The van der Waals surface area contributed by atoms with Gasteiger partial charge in [0.15, 0.2) is 0 Å². The van der Waals surface area contributed by atoms with Gasteiger partial charge in [0.05, 0.1) is 17.5 Å². The lowest BCUT2D eigenvalue weighted by Gasteiger charge is -2.22. The van der Waals surface area contributed by atoms with Gasteiger partial charge in [-0.3, -0.25) is 4.79 Å². The van der Waals surface area contributed by atoms with Gasteiger partial charge in [-0.05, 0) is 53.6 Å². The molecule has 0 spiro atoms. The number of unbranched alkanes of at least 4 members (excludes halogenated alkanes) is 11. The molecule has 7 heteroatoms. The number of hydrogen-bond donors (Lipinski definition) is 0. The van der Waals surface area contributed by atoms with Crippen molar-refractivity contribution >= 4 is 51.9 Å². The van der Waals surface area contributed by atoms with Crippen molar-refractivity contribution in [2.24, 2.45) is 0 Å². The normalized spacial score (nSPS) is 12.4. The molecule has 4 nitrogen and oxygen atoms in total. The van der Waals surface area contributed by atoms with E-state index >= 15 is 0 Å². The molecule has 41 heavy (non-hydrogen) atoms. The molecule has 2 aromatic carbocycles. The minimum absolute atomic E-state index is 0. The van der Waals surface area contributed by atoms with Crippen LogP contribution in [0.25, 0.3) is 0 Å². The number of amides is 1. The summed E-state index contributed by atoms with van der Waals surface area (Å²) in [5.74, 6) is 1.78. The minimum atomic E-state index is 0. The van der Waals surface area contributed by atoms with Gasteiger partial charge in [0.2, 0.25) is 5.91 Å². The Balaban J connectivity index is 0.00000588. The highest BCUT2D eigenvalue weighted by atomic mass is 79.9. The maximum absolute atomic E-state index is 12.4. The molecule has 0 saturated carbocycles. The highest BCUT2D eigenvalue weighted by Crippen LogP contribution is 2.27. The predicted molar refractivity (Wildman–Crippen MR) is 184 cm³/mol. The molecule has 1 heterocycles. The van der Waals surface area contributed by atoms with Gasteiger partial charge in [-0.25, -0.2) is 0 Å². The Hall–Kier alpha value is -1.63. The van der Waals surface area contributed by atoms with E-state index in [0.717, 1.165) is 42.3 Å². The first-order valence-electron chi connectivity index (χ1n) is 15.4. The fourth-order valence-corrected chi connectivity index (χ4v) is 6.05. The Morgan fingerprint density at radius 2 is 1.51 bits per heavy atom. The third-order valence-electron chi connectivity index (χ3n) is 7.50. The smallest absolute Gasteiger partial charge is 0.223 e. The van der Waals surface area contributed by atoms with Crippen LogP contribution in [0.1, 0.15) is 102 Å². The monoisotopic (exact) mass is 664 g/mol. The van der Waals surface area contributed by atoms with E-state index in [-0.39, 0.29) is 22.9 Å². The minimum Gasteiger partial charge on any atom is -0.492 e. The van der Waals surface area contributed by atoms with Gasteiger partial charge < -0.3 is 14.5 Å². The Labute approximate surface area is 269 Å². The van der Waals surface area contributed by atoms with Crippen LogP contribution in [0.5, 0.6) is 5.75 Å². The van der Waals surface area contributed by atoms with Crippen molar-refractivity contribution in [1.82, 2.24) is 4.90 Å². The summed E-state index contributed by atoms with van der Waals surface area (Å²) in [5.41, 5.74) is 3.27. The van der Waals surface area contributed by atoms with Crippen molar-refractivity contribution in [2.75, 3.05) is 23.9 Å². The van der Waals surface area contributed by atoms with Crippen molar-refractivity contribution < 1.29 is 9.53 Å². The summed E-state index contributed by atoms with van der Waals surface area (Å²) in [6.45, 7) is 6.10. The fraction of sp³-hybridized carbons (Fsp3) is 0.559. The summed E-state index contributed by atoms with van der Waals surface area (Å²) in [7, 11) is 0. The number of thioether (sulfide) groups is 1. The summed E-state index contributed by atoms with van der Waals surface area (Å²) in [5, 5.41) is 2.76. The van der Waals surface area contributed by atoms with E-state index in [1.54, 1.807) is 18.7 Å². The molecule has 0 aromatic heterocycles. The topological polar surface area (TPSA) is 32.8 Å². The molecule has 3 rings (SSSR count). The van der Waals surface area contributed by atoms with Crippen LogP contribution in [0.2, 0.25) is 5.02 Å². The Bertz CT molecular complexity index is 1030. The molecule has 0 fully saturated rings. The first-order chi connectivity index (χ1) is 19.6. The average Bonchev–Trinajstić information content (AvgIpc) is 3.46. The lowest BCUT2D eigenvalue weighted by atomic mass is 10.1. The van der Waals surface area contributed by atoms with Crippen LogP contribution < -0.4 is 9.64 Å². The van der Waals surface area contributed by atoms with Crippen LogP contribution in [0.4, 0.5) is 5.69 Å². The van der Waals surface area contributed by atoms with Gasteiger partial charge in [-0.1, -0.05) is 107 Å². The maximum atomic E-state index is 12.4. The molecule has 1 aliphatic heterocycles. The second-order valence-corrected chi connectivity index (χ2v) is 12.2. The van der Waals surface area contributed by atoms with E-state index in [9.17, 15) is 4.79 Å². The lowest BCUT2D eigenvalue weighted by molar-refractivity contribution is -0.116. The van der Waals surface area contributed by atoms with Gasteiger partial charge in [-0.15, -0.1) is 28.7 Å². The van der Waals surface area contributed by atoms with Gasteiger partial charge in [0.25, 0.3) is 0 Å². The zero-order valence-electron chi connectivity index (χ0n) is 25.1. The Morgan fingerprint density at radius 3 is 2.07 bits per heavy atom. The van der Waals surface area contributed by atoms with Crippen molar-refractivity contribution in [3.8, 4) is 5.75 Å². The molecule has 0 atom stereocenters. The van der Waals surface area contributed by atoms with Crippen molar-refractivity contribution in [3.05, 3.63) is 70.2 Å². The number of halogens is 2. The molecule has 0 N–H and O–H groups in total. The number of carbonyl (C=O) groups excluding carboxylic acids is 1. The third kappa shape index (κ3) is 13.9. The molecule has 1 aliphatic rings. The molecule has 0 saturated heterocycles. The zero-order valence-corrected chi connectivity index (χ0v) is 28.4. The average molecular weight is 666 g/mol. The van der Waals surface area contributed by atoms with E-state index in [0.29, 0.717) is 18.2 Å². The van der Waals surface area contributed by atoms with E-state index in [2.05, 4.69) is 41.6 Å². The SMILES string of the molecule is Br.CCCCCCCCCCCCCCOc1ccc(CCN(C(C)=O)c2ccc(CN3C=CSC3)cc2)cc1Cl. The highest BCUT2D eigenvalue weighted by Gasteiger charge is 2.13. The number of benzene rings is 2. The fourth-order valence-electron chi connectivity index (χ4n) is 5.08. The van der Waals surface area contributed by atoms with E-state index < -0.39 is 0 Å². The van der Waals surface area contributed by atoms with Crippen LogP contribution in [-0.4, -0.2) is 29.8 Å². The van der Waals surface area contributed by atoms with Crippen molar-refractivity contribution in [3.63, 3.8) is 0 Å². The van der Waals surface area contributed by atoms with Gasteiger partial charge >= 0.3 is 0 Å². The van der Waals surface area contributed by atoms with Crippen molar-refractivity contribution in [1.29, 1.82) is 0 Å². The van der Waals surface area contributed by atoms with E-state index in [1.165, 1.54) is 76.2 Å². The predicted octanol–water partition coefficient (Wildman–Crippen LogP) is 10.6. The molecule has 0 radical (unpaired) electrons. The Morgan fingerprint density at radius 1 is 0.902 bits per heavy atom. The van der Waals surface area contributed by atoms with Crippen LogP contribution in [0.15, 0.2) is 54.1 Å². The first-order valence-corrected chi connectivity index (χ1v) is 16.8. The van der Waals surface area contributed by atoms with E-state index in [1.807, 2.05) is 29.2 Å². The highest BCUT2D eigenvalue weighted by molar-refractivity contribution is 8.93. The second kappa shape index (κ2) is 21.1. The standard InChI is InChI=1S/C34H49ClN2O2S.BrH/c1-3-4-5-6-7-8-9-10-11-12-13-14-24-39-34-20-17-30(26-33(34)35)21-22-37(29(2)38)32-18-15-31(16-19-32)27-36-23-25-40-28-36;/h15-20,23,25-26H,3-14,21-22,24,27-28H2,1-2H3;1H. The maximum Gasteiger partial charge on any atom is 0.223 e. The number of carbonyl (C=O) groups is 1. The number of nitrogens with zero attached hydrogens (tertiary/aromatic N) is 2. The largest absolute Gasteiger partial charge is 0.492 e. The molecule has 0 bridgehead atoms. The lowest BCUT2D eigenvalue weighted by Crippen LogP contribution is -2.30. The molecule has 2 aromatic rings. The zero-order chi connectivity index (χ0) is 28.4. The summed E-state index contributed by atoms with van der Waals surface area (Å²) < 4.78 is 5.97. The van der Waals surface area contributed by atoms with Gasteiger partial charge in [-0.2, -0.15) is 0 Å². The quantitative estimate of drug-likeness (QED) is 0.132. The number of ether oxygens (including phenoxy) is 1. The first kappa shape index (κ1) is 35.6. The van der Waals surface area contributed by atoms with Crippen LogP contribution >= 0.6 is 40.3 Å². The third-order valence-corrected chi connectivity index (χ3v) is 8.59. The van der Waals surface area contributed by atoms with E-state index in [4.69, 9.17) is 16.3 Å². The molecule has 1 amide bonds. The summed E-state index contributed by atoms with van der Waals surface area (Å²) >= 11 is 8.35. The Kier molecular flexibility index (Phi) is 18.3. The molecule has 0 unspecified atom stereocenters. The summed E-state index contributed by atoms with van der Waals surface area (Å²) in [6.07, 6.45) is 18.9. The summed E-state index contributed by atoms with van der Waals surface area (Å²) in [6, 6.07) is 14.3. The molecule has 228 valence electrons. The number of anilines is 1. The van der Waals surface area contributed by atoms with Gasteiger partial charge in [0.1, 0.15) is 5.75 Å². The molecular formula is C34H50BrClN2O2S. The molecular weight excluding hydrogens is 616 g/mol. The van der Waals surface area contributed by atoms with Crippen LogP contribution in [0.3, 0.4) is 0 Å². The number of rotatable bonds is 20. The number of hydrogen-bond acceptors (Lipinski definition) is 4. The second-order valence-electron chi connectivity index (χ2n) is 10.9. The van der Waals surface area contributed by atoms with Crippen LogP contribution in [-0.2, 0) is 17.8 Å². The van der Waals surface area contributed by atoms with Gasteiger partial charge in [0, 0.05) is 31.9 Å².